The molecule has 0 spiro atoms. The zero-order valence-corrected chi connectivity index (χ0v) is 11.5. The molecule has 1 heterocycles. The summed E-state index contributed by atoms with van der Waals surface area (Å²) in [4.78, 5) is 11.0. The lowest BCUT2D eigenvalue weighted by Crippen LogP contribution is -2.20. The van der Waals surface area contributed by atoms with E-state index in [1.54, 1.807) is 12.1 Å². The Kier molecular flexibility index (Phi) is 3.60. The minimum Gasteiger partial charge on any atom is -0.478 e. The Morgan fingerprint density at radius 2 is 1.95 bits per heavy atom. The number of carbonyl (C=O) groups is 1. The molecule has 0 aliphatic rings. The van der Waals surface area contributed by atoms with E-state index in [0.29, 0.717) is 4.09 Å². The number of carboxylic acids is 1. The van der Waals surface area contributed by atoms with Gasteiger partial charge < -0.3 is 10.8 Å². The van der Waals surface area contributed by atoms with Crippen molar-refractivity contribution in [3.63, 3.8) is 0 Å². The smallest absolute Gasteiger partial charge is 0.339 e. The molecular weight excluding hydrogens is 282 g/mol. The summed E-state index contributed by atoms with van der Waals surface area (Å²) in [5.74, 6) is -1.27. The molecule has 0 saturated carbocycles. The zero-order chi connectivity index (χ0) is 14.9. The molecule has 8 heteroatoms. The van der Waals surface area contributed by atoms with Gasteiger partial charge in [0, 0.05) is 6.54 Å². The van der Waals surface area contributed by atoms with E-state index in [1.807, 2.05) is 6.92 Å². The summed E-state index contributed by atoms with van der Waals surface area (Å²) in [7, 11) is -3.95. The number of aromatic carboxylic acids is 1. The Morgan fingerprint density at radius 1 is 1.35 bits per heavy atom. The highest BCUT2D eigenvalue weighted by molar-refractivity contribution is 7.89. The van der Waals surface area contributed by atoms with Gasteiger partial charge in [-0.15, -0.1) is 0 Å². The highest BCUT2D eigenvalue weighted by Gasteiger charge is 2.25. The first-order chi connectivity index (χ1) is 9.37. The van der Waals surface area contributed by atoms with E-state index in [4.69, 9.17) is 10.8 Å². The number of aryl methyl sites for hydroxylation is 1. The standard InChI is InChI=1S/C12H13N3O4S/c1-8-2-4-9(5-3-8)20(18,19)15-11(6-13)10(7-14-15)12(16)17/h2-5,7H,6,13H2,1H3,(H,16,17). The first-order valence-electron chi connectivity index (χ1n) is 5.70. The van der Waals surface area contributed by atoms with Gasteiger partial charge in [0.1, 0.15) is 5.56 Å². The molecule has 0 radical (unpaired) electrons. The van der Waals surface area contributed by atoms with Crippen molar-refractivity contribution >= 4 is 16.0 Å². The minimum atomic E-state index is -3.95. The second kappa shape index (κ2) is 5.06. The van der Waals surface area contributed by atoms with Crippen molar-refractivity contribution in [3.8, 4) is 0 Å². The first-order valence-corrected chi connectivity index (χ1v) is 7.14. The van der Waals surface area contributed by atoms with Crippen LogP contribution in [0.3, 0.4) is 0 Å². The second-order valence-electron chi connectivity index (χ2n) is 4.18. The van der Waals surface area contributed by atoms with Crippen molar-refractivity contribution in [2.75, 3.05) is 0 Å². The van der Waals surface area contributed by atoms with Crippen molar-refractivity contribution in [2.45, 2.75) is 18.4 Å². The van der Waals surface area contributed by atoms with Gasteiger partial charge in [-0.25, -0.2) is 4.79 Å². The summed E-state index contributed by atoms with van der Waals surface area (Å²) in [6.07, 6.45) is 0.982. The normalized spacial score (nSPS) is 11.5. The van der Waals surface area contributed by atoms with E-state index in [-0.39, 0.29) is 22.7 Å². The number of nitrogens with zero attached hydrogens (tertiary/aromatic N) is 2. The summed E-state index contributed by atoms with van der Waals surface area (Å²) >= 11 is 0. The molecular formula is C12H13N3O4S. The van der Waals surface area contributed by atoms with E-state index in [1.165, 1.54) is 12.1 Å². The lowest BCUT2D eigenvalue weighted by molar-refractivity contribution is 0.0695. The molecule has 0 aliphatic heterocycles. The van der Waals surface area contributed by atoms with Gasteiger partial charge in [0.05, 0.1) is 16.8 Å². The van der Waals surface area contributed by atoms with E-state index < -0.39 is 16.0 Å². The fraction of sp³-hybridized carbons (Fsp3) is 0.167. The number of hydrogen-bond donors (Lipinski definition) is 2. The molecule has 106 valence electrons. The monoisotopic (exact) mass is 295 g/mol. The average molecular weight is 295 g/mol. The molecule has 0 bridgehead atoms. The Labute approximate surface area is 115 Å². The predicted octanol–water partition coefficient (Wildman–Crippen LogP) is 0.585. The largest absolute Gasteiger partial charge is 0.478 e. The lowest BCUT2D eigenvalue weighted by Gasteiger charge is -2.08. The van der Waals surface area contributed by atoms with E-state index in [0.717, 1.165) is 11.8 Å². The van der Waals surface area contributed by atoms with Gasteiger partial charge in [-0.2, -0.15) is 17.6 Å². The fourth-order valence-electron chi connectivity index (χ4n) is 1.74. The SMILES string of the molecule is Cc1ccc(S(=O)(=O)n2ncc(C(=O)O)c2CN)cc1. The van der Waals surface area contributed by atoms with Gasteiger partial charge in [0.2, 0.25) is 0 Å². The van der Waals surface area contributed by atoms with Gasteiger partial charge in [0.15, 0.2) is 0 Å². The van der Waals surface area contributed by atoms with Crippen molar-refractivity contribution in [1.29, 1.82) is 0 Å². The average Bonchev–Trinajstić information content (AvgIpc) is 2.83. The number of carboxylic acid groups (broad SMARTS) is 1. The quantitative estimate of drug-likeness (QED) is 0.852. The lowest BCUT2D eigenvalue weighted by atomic mass is 10.2. The van der Waals surface area contributed by atoms with Crippen LogP contribution in [-0.2, 0) is 16.6 Å². The minimum absolute atomic E-state index is 0.0258. The van der Waals surface area contributed by atoms with Crippen LogP contribution in [0.25, 0.3) is 0 Å². The summed E-state index contributed by atoms with van der Waals surface area (Å²) in [5.41, 5.74) is 6.08. The summed E-state index contributed by atoms with van der Waals surface area (Å²) in [6.45, 7) is 1.59. The van der Waals surface area contributed by atoms with Crippen LogP contribution in [-0.4, -0.2) is 28.7 Å². The number of rotatable bonds is 4. The molecule has 0 amide bonds. The van der Waals surface area contributed by atoms with Gasteiger partial charge in [-0.3, -0.25) is 0 Å². The van der Waals surface area contributed by atoms with E-state index in [9.17, 15) is 13.2 Å². The molecule has 2 rings (SSSR count). The maximum Gasteiger partial charge on any atom is 0.339 e. The highest BCUT2D eigenvalue weighted by atomic mass is 32.2. The summed E-state index contributed by atoms with van der Waals surface area (Å²) < 4.78 is 25.5. The molecule has 20 heavy (non-hydrogen) atoms. The number of benzene rings is 1. The molecule has 0 aliphatic carbocycles. The van der Waals surface area contributed by atoms with Gasteiger partial charge >= 0.3 is 5.97 Å². The van der Waals surface area contributed by atoms with Gasteiger partial charge in [-0.05, 0) is 19.1 Å². The Balaban J connectivity index is 2.61. The molecule has 1 aromatic heterocycles. The topological polar surface area (TPSA) is 115 Å². The van der Waals surface area contributed by atoms with Gasteiger partial charge in [-0.1, -0.05) is 17.7 Å². The zero-order valence-electron chi connectivity index (χ0n) is 10.6. The first kappa shape index (κ1) is 14.2. The molecule has 0 saturated heterocycles. The van der Waals surface area contributed by atoms with Crippen molar-refractivity contribution in [1.82, 2.24) is 9.19 Å². The molecule has 3 N–H and O–H groups in total. The highest BCUT2D eigenvalue weighted by Crippen LogP contribution is 2.18. The maximum atomic E-state index is 12.4. The number of hydrogen-bond acceptors (Lipinski definition) is 5. The number of nitrogens with two attached hydrogens (primary N) is 1. The van der Waals surface area contributed by atoms with Gasteiger partial charge in [0.25, 0.3) is 10.0 Å². The fourth-order valence-corrected chi connectivity index (χ4v) is 3.06. The molecule has 0 atom stereocenters. The Hall–Kier alpha value is -2.19. The molecule has 0 fully saturated rings. The van der Waals surface area contributed by atoms with Crippen LogP contribution in [0.2, 0.25) is 0 Å². The second-order valence-corrected chi connectivity index (χ2v) is 5.94. The van der Waals surface area contributed by atoms with Crippen molar-refractivity contribution in [2.24, 2.45) is 5.73 Å². The third-order valence-electron chi connectivity index (χ3n) is 2.80. The van der Waals surface area contributed by atoms with Crippen LogP contribution in [0.1, 0.15) is 21.6 Å². The van der Waals surface area contributed by atoms with Crippen molar-refractivity contribution < 1.29 is 18.3 Å². The van der Waals surface area contributed by atoms with Crippen LogP contribution in [0, 0.1) is 6.92 Å². The van der Waals surface area contributed by atoms with Crippen LogP contribution in [0.4, 0.5) is 0 Å². The van der Waals surface area contributed by atoms with Crippen LogP contribution in [0.15, 0.2) is 35.4 Å². The molecule has 2 aromatic rings. The summed E-state index contributed by atoms with van der Waals surface area (Å²) in [6, 6.07) is 6.17. The van der Waals surface area contributed by atoms with E-state index >= 15 is 0 Å². The third kappa shape index (κ3) is 2.30. The maximum absolute atomic E-state index is 12.4. The third-order valence-corrected chi connectivity index (χ3v) is 4.44. The van der Waals surface area contributed by atoms with Crippen LogP contribution < -0.4 is 5.73 Å². The van der Waals surface area contributed by atoms with Crippen LogP contribution in [0.5, 0.6) is 0 Å². The predicted molar refractivity (Wildman–Crippen MR) is 70.8 cm³/mol. The molecule has 0 unspecified atom stereocenters. The molecule has 7 nitrogen and oxygen atoms in total. The Morgan fingerprint density at radius 3 is 2.45 bits per heavy atom. The van der Waals surface area contributed by atoms with Crippen LogP contribution >= 0.6 is 0 Å². The number of aromatic nitrogens is 2. The summed E-state index contributed by atoms with van der Waals surface area (Å²) in [5, 5.41) is 12.6. The van der Waals surface area contributed by atoms with Crippen molar-refractivity contribution in [3.05, 3.63) is 47.3 Å². The van der Waals surface area contributed by atoms with E-state index in [2.05, 4.69) is 5.10 Å². The Bertz CT molecular complexity index is 748. The molecule has 1 aromatic carbocycles.